The number of carbonyl (C=O) groups excluding carboxylic acids is 2. The van der Waals surface area contributed by atoms with E-state index in [1.54, 1.807) is 30.3 Å². The molecule has 2 aliphatic rings. The van der Waals surface area contributed by atoms with Crippen molar-refractivity contribution in [2.45, 2.75) is 12.8 Å². The number of aryl methyl sites for hydroxylation is 1. The van der Waals surface area contributed by atoms with E-state index in [0.717, 1.165) is 11.8 Å². The van der Waals surface area contributed by atoms with E-state index in [1.807, 2.05) is 0 Å². The van der Waals surface area contributed by atoms with E-state index in [0.29, 0.717) is 42.1 Å². The molecule has 2 aromatic rings. The quantitative estimate of drug-likeness (QED) is 0.543. The summed E-state index contributed by atoms with van der Waals surface area (Å²) in [6.07, 6.45) is 2.52. The number of fused-ring (bicyclic) bond motifs is 2. The predicted molar refractivity (Wildman–Crippen MR) is 104 cm³/mol. The maximum absolute atomic E-state index is 12.5. The summed E-state index contributed by atoms with van der Waals surface area (Å²) in [5.41, 5.74) is 2.01. The lowest BCUT2D eigenvalue weighted by atomic mass is 9.99. The van der Waals surface area contributed by atoms with Crippen molar-refractivity contribution in [3.8, 4) is 11.5 Å². The number of hydrogen-bond donors (Lipinski definition) is 0. The summed E-state index contributed by atoms with van der Waals surface area (Å²) in [4.78, 5) is 24.7. The highest BCUT2D eigenvalue weighted by atomic mass is 32.2. The molecule has 0 fully saturated rings. The van der Waals surface area contributed by atoms with E-state index in [1.165, 1.54) is 10.4 Å². The second-order valence-electron chi connectivity index (χ2n) is 6.85. The molecule has 2 heterocycles. The third kappa shape index (κ3) is 3.91. The van der Waals surface area contributed by atoms with Gasteiger partial charge in [0.05, 0.1) is 17.5 Å². The van der Waals surface area contributed by atoms with Gasteiger partial charge in [0.25, 0.3) is 0 Å². The molecule has 29 heavy (non-hydrogen) atoms. The number of sulfonamides is 1. The van der Waals surface area contributed by atoms with E-state index in [9.17, 15) is 18.0 Å². The van der Waals surface area contributed by atoms with Crippen LogP contribution >= 0.6 is 0 Å². The van der Waals surface area contributed by atoms with Gasteiger partial charge in [0, 0.05) is 12.1 Å². The zero-order valence-electron chi connectivity index (χ0n) is 15.7. The van der Waals surface area contributed by atoms with Crippen molar-refractivity contribution in [3.05, 3.63) is 53.1 Å². The van der Waals surface area contributed by atoms with Crippen molar-refractivity contribution in [1.29, 1.82) is 0 Å². The Morgan fingerprint density at radius 1 is 1.07 bits per heavy atom. The molecule has 4 rings (SSSR count). The lowest BCUT2D eigenvalue weighted by molar-refractivity contribution is 0.0474. The molecule has 0 aromatic heterocycles. The molecular formula is C20H19NO7S. The van der Waals surface area contributed by atoms with E-state index in [2.05, 4.69) is 0 Å². The third-order valence-corrected chi connectivity index (χ3v) is 6.00. The van der Waals surface area contributed by atoms with Gasteiger partial charge in [-0.2, -0.15) is 0 Å². The predicted octanol–water partition coefficient (Wildman–Crippen LogP) is 2.17. The first kappa shape index (κ1) is 19.3. The topological polar surface area (TPSA) is 99.2 Å². The van der Waals surface area contributed by atoms with Gasteiger partial charge in [-0.3, -0.25) is 9.10 Å². The van der Waals surface area contributed by atoms with Crippen LogP contribution < -0.4 is 13.8 Å². The molecule has 0 spiro atoms. The fourth-order valence-electron chi connectivity index (χ4n) is 3.40. The number of nitrogens with zero attached hydrogens (tertiary/aromatic N) is 1. The molecule has 0 N–H and O–H groups in total. The number of esters is 1. The van der Waals surface area contributed by atoms with Gasteiger partial charge in [0.1, 0.15) is 0 Å². The van der Waals surface area contributed by atoms with E-state index < -0.39 is 22.6 Å². The molecule has 0 unspecified atom stereocenters. The van der Waals surface area contributed by atoms with Gasteiger partial charge in [0.2, 0.25) is 16.8 Å². The molecule has 0 atom stereocenters. The van der Waals surface area contributed by atoms with Crippen LogP contribution in [0.2, 0.25) is 0 Å². The molecule has 8 nitrogen and oxygen atoms in total. The first-order valence-corrected chi connectivity index (χ1v) is 10.9. The maximum atomic E-state index is 12.5. The van der Waals surface area contributed by atoms with Crippen LogP contribution in [0.25, 0.3) is 0 Å². The zero-order chi connectivity index (χ0) is 20.6. The Morgan fingerprint density at radius 3 is 2.62 bits per heavy atom. The second kappa shape index (κ2) is 7.40. The van der Waals surface area contributed by atoms with Gasteiger partial charge < -0.3 is 14.2 Å². The molecule has 0 bridgehead atoms. The van der Waals surface area contributed by atoms with Gasteiger partial charge in [-0.25, -0.2) is 13.2 Å². The number of hydrogen-bond acceptors (Lipinski definition) is 7. The minimum absolute atomic E-state index is 0.0986. The summed E-state index contributed by atoms with van der Waals surface area (Å²) in [5.74, 6) is 0.00181. The summed E-state index contributed by atoms with van der Waals surface area (Å²) in [6.45, 7) is 0.107. The fourth-order valence-corrected chi connectivity index (χ4v) is 4.40. The highest BCUT2D eigenvalue weighted by molar-refractivity contribution is 7.92. The number of benzene rings is 2. The smallest absolute Gasteiger partial charge is 0.338 e. The maximum Gasteiger partial charge on any atom is 0.338 e. The number of Topliss-reactive ketones (excluding diaryl/α,β-unsaturated/α-hetero) is 1. The fraction of sp³-hybridized carbons (Fsp3) is 0.300. The van der Waals surface area contributed by atoms with Crippen molar-refractivity contribution in [3.63, 3.8) is 0 Å². The van der Waals surface area contributed by atoms with Crippen molar-refractivity contribution < 1.29 is 32.2 Å². The van der Waals surface area contributed by atoms with Crippen molar-refractivity contribution in [1.82, 2.24) is 0 Å². The normalized spacial score (nSPS) is 15.0. The van der Waals surface area contributed by atoms with Crippen LogP contribution in [0.15, 0.2) is 36.4 Å². The largest absolute Gasteiger partial charge is 0.454 e. The summed E-state index contributed by atoms with van der Waals surface area (Å²) in [7, 11) is -3.37. The first-order valence-electron chi connectivity index (χ1n) is 9.03. The molecule has 2 aliphatic heterocycles. The van der Waals surface area contributed by atoms with Crippen LogP contribution in [0.4, 0.5) is 5.69 Å². The summed E-state index contributed by atoms with van der Waals surface area (Å²) >= 11 is 0. The standard InChI is InChI=1S/C20H19NO7S/c1-29(24,25)21-8-2-3-13-9-14(4-6-16(13)21)17(22)11-26-20(23)15-5-7-18-19(10-15)28-12-27-18/h4-7,9-10H,2-3,8,11-12H2,1H3. The van der Waals surface area contributed by atoms with Crippen LogP contribution in [-0.4, -0.2) is 46.4 Å². The van der Waals surface area contributed by atoms with Crippen LogP contribution in [0.3, 0.4) is 0 Å². The highest BCUT2D eigenvalue weighted by Crippen LogP contribution is 2.33. The van der Waals surface area contributed by atoms with Crippen molar-refractivity contribution in [2.75, 3.05) is 30.5 Å². The Bertz CT molecular complexity index is 1090. The zero-order valence-corrected chi connectivity index (χ0v) is 16.5. The Morgan fingerprint density at radius 2 is 1.83 bits per heavy atom. The van der Waals surface area contributed by atoms with Gasteiger partial charge in [-0.15, -0.1) is 0 Å². The Hall–Kier alpha value is -3.07. The lowest BCUT2D eigenvalue weighted by Crippen LogP contribution is -2.34. The molecule has 9 heteroatoms. The Balaban J connectivity index is 1.44. The number of ketones is 1. The number of anilines is 1. The Labute approximate surface area is 168 Å². The number of carbonyl (C=O) groups is 2. The summed E-state index contributed by atoms with van der Waals surface area (Å²) in [5, 5.41) is 0. The molecule has 2 aromatic carbocycles. The highest BCUT2D eigenvalue weighted by Gasteiger charge is 2.25. The molecule has 152 valence electrons. The van der Waals surface area contributed by atoms with Crippen LogP contribution in [-0.2, 0) is 21.2 Å². The van der Waals surface area contributed by atoms with Gasteiger partial charge >= 0.3 is 5.97 Å². The molecule has 0 amide bonds. The first-order chi connectivity index (χ1) is 13.8. The van der Waals surface area contributed by atoms with Crippen LogP contribution in [0, 0.1) is 0 Å². The number of rotatable bonds is 5. The second-order valence-corrected chi connectivity index (χ2v) is 8.76. The molecule has 0 saturated heterocycles. The monoisotopic (exact) mass is 417 g/mol. The lowest BCUT2D eigenvalue weighted by Gasteiger charge is -2.29. The molecule has 0 radical (unpaired) electrons. The SMILES string of the molecule is CS(=O)(=O)N1CCCc2cc(C(=O)COC(=O)c3ccc4c(c3)OCO4)ccc21. The third-order valence-electron chi connectivity index (χ3n) is 4.82. The van der Waals surface area contributed by atoms with Gasteiger partial charge in [-0.05, 0) is 54.8 Å². The average Bonchev–Trinajstić information content (AvgIpc) is 3.18. The molecule has 0 saturated carbocycles. The minimum Gasteiger partial charge on any atom is -0.454 e. The van der Waals surface area contributed by atoms with Crippen molar-refractivity contribution >= 4 is 27.5 Å². The van der Waals surface area contributed by atoms with Gasteiger partial charge in [-0.1, -0.05) is 0 Å². The van der Waals surface area contributed by atoms with Crippen molar-refractivity contribution in [2.24, 2.45) is 0 Å². The van der Waals surface area contributed by atoms with E-state index >= 15 is 0 Å². The van der Waals surface area contributed by atoms with E-state index in [4.69, 9.17) is 14.2 Å². The molecule has 0 aliphatic carbocycles. The molecular weight excluding hydrogens is 398 g/mol. The average molecular weight is 417 g/mol. The minimum atomic E-state index is -3.37. The van der Waals surface area contributed by atoms with Crippen LogP contribution in [0.5, 0.6) is 11.5 Å². The van der Waals surface area contributed by atoms with Gasteiger partial charge in [0.15, 0.2) is 23.9 Å². The summed E-state index contributed by atoms with van der Waals surface area (Å²) in [6, 6.07) is 9.51. The Kier molecular flexibility index (Phi) is 4.91. The summed E-state index contributed by atoms with van der Waals surface area (Å²) < 4.78 is 40.8. The number of ether oxygens (including phenoxy) is 3. The van der Waals surface area contributed by atoms with E-state index in [-0.39, 0.29) is 18.1 Å². The van der Waals surface area contributed by atoms with Crippen LogP contribution in [0.1, 0.15) is 32.7 Å².